The zero-order valence-corrected chi connectivity index (χ0v) is 15.7. The monoisotopic (exact) mass is 359 g/mol. The fourth-order valence-electron chi connectivity index (χ4n) is 3.35. The summed E-state index contributed by atoms with van der Waals surface area (Å²) in [6.45, 7) is 3.01. The van der Waals surface area contributed by atoms with Gasteiger partial charge in [0.25, 0.3) is 5.91 Å². The van der Waals surface area contributed by atoms with Crippen LogP contribution in [0.3, 0.4) is 0 Å². The fourth-order valence-corrected chi connectivity index (χ4v) is 3.76. The molecular weight excluding hydrogens is 334 g/mol. The van der Waals surface area contributed by atoms with E-state index in [1.807, 2.05) is 47.8 Å². The van der Waals surface area contributed by atoms with Gasteiger partial charge in [-0.05, 0) is 43.4 Å². The Hall–Kier alpha value is -1.79. The molecule has 1 aromatic heterocycles. The Morgan fingerprint density at radius 3 is 2.88 bits per heavy atom. The third-order valence-corrected chi connectivity index (χ3v) is 5.44. The molecule has 0 bridgehead atoms. The van der Waals surface area contributed by atoms with Gasteiger partial charge in [-0.2, -0.15) is 0 Å². The number of hydrogen-bond acceptors (Lipinski definition) is 4. The van der Waals surface area contributed by atoms with Gasteiger partial charge in [0.2, 0.25) is 0 Å². The maximum atomic E-state index is 12.8. The van der Waals surface area contributed by atoms with Crippen molar-refractivity contribution in [3.8, 4) is 0 Å². The van der Waals surface area contributed by atoms with Crippen LogP contribution in [0.1, 0.15) is 34.9 Å². The molecule has 0 unspecified atom stereocenters. The Balaban J connectivity index is 1.70. The van der Waals surface area contributed by atoms with Crippen molar-refractivity contribution in [3.05, 3.63) is 48.0 Å². The number of likely N-dealkylation sites (tertiary alicyclic amines) is 1. The first-order chi connectivity index (χ1) is 12.2. The van der Waals surface area contributed by atoms with Crippen molar-refractivity contribution >= 4 is 17.7 Å². The molecule has 5 nitrogen and oxygen atoms in total. The van der Waals surface area contributed by atoms with Crippen LogP contribution in [-0.2, 0) is 11.3 Å². The van der Waals surface area contributed by atoms with Crippen LogP contribution in [0.2, 0.25) is 0 Å². The lowest BCUT2D eigenvalue weighted by Gasteiger charge is -2.32. The van der Waals surface area contributed by atoms with E-state index in [-0.39, 0.29) is 11.8 Å². The molecule has 1 aliphatic rings. The van der Waals surface area contributed by atoms with Gasteiger partial charge in [0.05, 0.1) is 6.61 Å². The SMILES string of the molecule is COCCn1ccnc1[C@H]1CCCN(C(=O)c2ccc(SC)cc2)C1. The molecule has 0 N–H and O–H groups in total. The largest absolute Gasteiger partial charge is 0.383 e. The van der Waals surface area contributed by atoms with Crippen molar-refractivity contribution in [2.24, 2.45) is 0 Å². The molecule has 1 atom stereocenters. The second-order valence-corrected chi connectivity index (χ2v) is 7.17. The van der Waals surface area contributed by atoms with E-state index in [2.05, 4.69) is 9.55 Å². The highest BCUT2D eigenvalue weighted by atomic mass is 32.2. The number of piperidine rings is 1. The van der Waals surface area contributed by atoms with Crippen molar-refractivity contribution in [1.29, 1.82) is 0 Å². The number of rotatable bonds is 6. The molecule has 6 heteroatoms. The quantitative estimate of drug-likeness (QED) is 0.743. The lowest BCUT2D eigenvalue weighted by molar-refractivity contribution is 0.0702. The molecule has 134 valence electrons. The lowest BCUT2D eigenvalue weighted by atomic mass is 9.96. The number of ether oxygens (including phenoxy) is 1. The maximum Gasteiger partial charge on any atom is 0.253 e. The minimum absolute atomic E-state index is 0.118. The number of carbonyl (C=O) groups excluding carboxylic acids is 1. The first-order valence-electron chi connectivity index (χ1n) is 8.66. The highest BCUT2D eigenvalue weighted by molar-refractivity contribution is 7.98. The highest BCUT2D eigenvalue weighted by Gasteiger charge is 2.27. The zero-order chi connectivity index (χ0) is 17.6. The van der Waals surface area contributed by atoms with Crippen molar-refractivity contribution in [2.75, 3.05) is 33.1 Å². The van der Waals surface area contributed by atoms with Gasteiger partial charge in [-0.15, -0.1) is 11.8 Å². The van der Waals surface area contributed by atoms with E-state index in [1.54, 1.807) is 18.9 Å². The summed E-state index contributed by atoms with van der Waals surface area (Å²) in [7, 11) is 1.71. The minimum Gasteiger partial charge on any atom is -0.383 e. The van der Waals surface area contributed by atoms with Gasteiger partial charge in [-0.25, -0.2) is 4.98 Å². The molecule has 1 saturated heterocycles. The van der Waals surface area contributed by atoms with Gasteiger partial charge in [0.1, 0.15) is 5.82 Å². The van der Waals surface area contributed by atoms with E-state index in [9.17, 15) is 4.79 Å². The standard InChI is InChI=1S/C19H25N3O2S/c1-24-13-12-21-11-9-20-18(21)16-4-3-10-22(14-16)19(23)15-5-7-17(25-2)8-6-15/h5-9,11,16H,3-4,10,12-14H2,1-2H3/t16-/m0/s1. The van der Waals surface area contributed by atoms with Crippen molar-refractivity contribution in [2.45, 2.75) is 30.2 Å². The van der Waals surface area contributed by atoms with Gasteiger partial charge in [-0.1, -0.05) is 0 Å². The average Bonchev–Trinajstić information content (AvgIpc) is 3.14. The van der Waals surface area contributed by atoms with Crippen LogP contribution in [0.4, 0.5) is 0 Å². The molecule has 0 saturated carbocycles. The number of methoxy groups -OCH3 is 1. The van der Waals surface area contributed by atoms with E-state index in [1.165, 1.54) is 4.90 Å². The summed E-state index contributed by atoms with van der Waals surface area (Å²) in [4.78, 5) is 20.5. The molecule has 1 amide bonds. The summed E-state index contributed by atoms with van der Waals surface area (Å²) in [6.07, 6.45) is 7.95. The van der Waals surface area contributed by atoms with Crippen LogP contribution in [0.25, 0.3) is 0 Å². The van der Waals surface area contributed by atoms with Crippen LogP contribution in [0, 0.1) is 0 Å². The smallest absolute Gasteiger partial charge is 0.253 e. The van der Waals surface area contributed by atoms with Crippen molar-refractivity contribution < 1.29 is 9.53 Å². The number of aromatic nitrogens is 2. The van der Waals surface area contributed by atoms with E-state index in [0.717, 1.165) is 43.9 Å². The Morgan fingerprint density at radius 2 is 2.16 bits per heavy atom. The van der Waals surface area contributed by atoms with E-state index >= 15 is 0 Å². The number of hydrogen-bond donors (Lipinski definition) is 0. The summed E-state index contributed by atoms with van der Waals surface area (Å²) < 4.78 is 7.33. The molecular formula is C19H25N3O2S. The predicted molar refractivity (Wildman–Crippen MR) is 100 cm³/mol. The topological polar surface area (TPSA) is 47.4 Å². The average molecular weight is 359 g/mol. The van der Waals surface area contributed by atoms with Crippen LogP contribution < -0.4 is 0 Å². The van der Waals surface area contributed by atoms with Gasteiger partial charge >= 0.3 is 0 Å². The van der Waals surface area contributed by atoms with Gasteiger partial charge < -0.3 is 14.2 Å². The van der Waals surface area contributed by atoms with E-state index in [0.29, 0.717) is 6.61 Å². The van der Waals surface area contributed by atoms with E-state index in [4.69, 9.17) is 4.74 Å². The van der Waals surface area contributed by atoms with Crippen LogP contribution >= 0.6 is 11.8 Å². The van der Waals surface area contributed by atoms with Gasteiger partial charge in [0, 0.05) is 55.5 Å². The molecule has 25 heavy (non-hydrogen) atoms. The first-order valence-corrected chi connectivity index (χ1v) is 9.88. The molecule has 1 fully saturated rings. The molecule has 0 radical (unpaired) electrons. The number of carbonyl (C=O) groups is 1. The maximum absolute atomic E-state index is 12.8. The third kappa shape index (κ3) is 4.25. The number of thioether (sulfide) groups is 1. The molecule has 2 aromatic rings. The number of benzene rings is 1. The number of amides is 1. The summed E-state index contributed by atoms with van der Waals surface area (Å²) in [5.74, 6) is 1.47. The van der Waals surface area contributed by atoms with Crippen LogP contribution in [0.15, 0.2) is 41.6 Å². The van der Waals surface area contributed by atoms with Crippen molar-refractivity contribution in [3.63, 3.8) is 0 Å². The summed E-state index contributed by atoms with van der Waals surface area (Å²) in [6, 6.07) is 7.88. The third-order valence-electron chi connectivity index (χ3n) is 4.69. The molecule has 3 rings (SSSR count). The molecule has 1 aromatic carbocycles. The highest BCUT2D eigenvalue weighted by Crippen LogP contribution is 2.27. The number of nitrogens with zero attached hydrogens (tertiary/aromatic N) is 3. The molecule has 1 aliphatic heterocycles. The van der Waals surface area contributed by atoms with Crippen molar-refractivity contribution in [1.82, 2.24) is 14.5 Å². The Kier molecular flexibility index (Phi) is 6.15. The lowest BCUT2D eigenvalue weighted by Crippen LogP contribution is -2.39. The molecule has 0 aliphatic carbocycles. The molecule has 2 heterocycles. The summed E-state index contributed by atoms with van der Waals surface area (Å²) in [5.41, 5.74) is 0.765. The Morgan fingerprint density at radius 1 is 1.36 bits per heavy atom. The van der Waals surface area contributed by atoms with Gasteiger partial charge in [0.15, 0.2) is 0 Å². The Bertz CT molecular complexity index is 699. The summed E-state index contributed by atoms with van der Waals surface area (Å²) >= 11 is 1.69. The first kappa shape index (κ1) is 18.0. The second-order valence-electron chi connectivity index (χ2n) is 6.29. The summed E-state index contributed by atoms with van der Waals surface area (Å²) in [5, 5.41) is 0. The van der Waals surface area contributed by atoms with Gasteiger partial charge in [-0.3, -0.25) is 4.79 Å². The molecule has 0 spiro atoms. The zero-order valence-electron chi connectivity index (χ0n) is 14.9. The fraction of sp³-hybridized carbons (Fsp3) is 0.474. The van der Waals surface area contributed by atoms with Crippen LogP contribution in [-0.4, -0.2) is 53.4 Å². The van der Waals surface area contributed by atoms with E-state index < -0.39 is 0 Å². The number of imidazole rings is 1. The Labute approximate surface area is 153 Å². The second kappa shape index (κ2) is 8.54. The van der Waals surface area contributed by atoms with Crippen LogP contribution in [0.5, 0.6) is 0 Å². The predicted octanol–water partition coefficient (Wildman–Crippen LogP) is 3.27. The minimum atomic E-state index is 0.118. The normalized spacial score (nSPS) is 17.7.